The standard InChI is InChI=1S/C17H25N5O2/c1-17(2,3)24-16(23)21-9-8-20-15(19-4)22-12-14-7-5-6-13(10-14)11-18/h5-7,10H,8-9,12H2,1-4H3,(H,21,23)(H2,19,20,22). The monoisotopic (exact) mass is 331 g/mol. The summed E-state index contributed by atoms with van der Waals surface area (Å²) in [4.78, 5) is 15.6. The number of benzene rings is 1. The minimum atomic E-state index is -0.507. The van der Waals surface area contributed by atoms with Crippen molar-refractivity contribution in [3.8, 4) is 6.07 Å². The Labute approximate surface area is 143 Å². The van der Waals surface area contributed by atoms with Gasteiger partial charge in [-0.2, -0.15) is 5.26 Å². The van der Waals surface area contributed by atoms with Crippen LogP contribution in [0.5, 0.6) is 0 Å². The molecule has 0 unspecified atom stereocenters. The number of aliphatic imine (C=N–C) groups is 1. The third kappa shape index (κ3) is 8.03. The molecule has 0 radical (unpaired) electrons. The summed E-state index contributed by atoms with van der Waals surface area (Å²) in [6, 6.07) is 9.48. The third-order valence-electron chi connectivity index (χ3n) is 2.83. The second kappa shape index (κ2) is 9.40. The molecule has 1 amide bonds. The van der Waals surface area contributed by atoms with Crippen molar-refractivity contribution in [2.75, 3.05) is 20.1 Å². The molecular weight excluding hydrogens is 306 g/mol. The highest BCUT2D eigenvalue weighted by Gasteiger charge is 2.15. The van der Waals surface area contributed by atoms with E-state index in [-0.39, 0.29) is 0 Å². The molecule has 0 fully saturated rings. The maximum atomic E-state index is 11.5. The van der Waals surface area contributed by atoms with Crippen LogP contribution in [-0.4, -0.2) is 37.8 Å². The predicted molar refractivity (Wildman–Crippen MR) is 93.6 cm³/mol. The Balaban J connectivity index is 2.31. The molecule has 0 aliphatic carbocycles. The van der Waals surface area contributed by atoms with E-state index in [0.29, 0.717) is 31.2 Å². The Morgan fingerprint density at radius 1 is 1.25 bits per heavy atom. The first-order chi connectivity index (χ1) is 11.3. The Morgan fingerprint density at radius 2 is 1.96 bits per heavy atom. The summed E-state index contributed by atoms with van der Waals surface area (Å²) in [6.07, 6.45) is -0.444. The second-order valence-electron chi connectivity index (χ2n) is 6.09. The average molecular weight is 331 g/mol. The van der Waals surface area contributed by atoms with E-state index in [1.54, 1.807) is 13.1 Å². The van der Waals surface area contributed by atoms with Crippen molar-refractivity contribution >= 4 is 12.1 Å². The minimum absolute atomic E-state index is 0.416. The second-order valence-corrected chi connectivity index (χ2v) is 6.09. The van der Waals surface area contributed by atoms with Crippen LogP contribution in [0.4, 0.5) is 4.79 Å². The van der Waals surface area contributed by atoms with Crippen molar-refractivity contribution < 1.29 is 9.53 Å². The number of nitrogens with zero attached hydrogens (tertiary/aromatic N) is 2. The van der Waals surface area contributed by atoms with E-state index in [1.165, 1.54) is 0 Å². The third-order valence-corrected chi connectivity index (χ3v) is 2.83. The Bertz CT molecular complexity index is 614. The molecule has 7 nitrogen and oxygen atoms in total. The summed E-state index contributed by atoms with van der Waals surface area (Å²) < 4.78 is 5.15. The Kier molecular flexibility index (Phi) is 7.56. The maximum absolute atomic E-state index is 11.5. The highest BCUT2D eigenvalue weighted by Crippen LogP contribution is 2.06. The highest BCUT2D eigenvalue weighted by molar-refractivity contribution is 5.79. The lowest BCUT2D eigenvalue weighted by atomic mass is 10.1. The molecule has 1 aromatic carbocycles. The van der Waals surface area contributed by atoms with Gasteiger partial charge in [0.1, 0.15) is 5.60 Å². The highest BCUT2D eigenvalue weighted by atomic mass is 16.6. The van der Waals surface area contributed by atoms with Gasteiger partial charge in [-0.25, -0.2) is 4.79 Å². The first-order valence-electron chi connectivity index (χ1n) is 7.74. The molecule has 0 bridgehead atoms. The number of hydrogen-bond acceptors (Lipinski definition) is 4. The van der Waals surface area contributed by atoms with Gasteiger partial charge in [0.2, 0.25) is 0 Å². The van der Waals surface area contributed by atoms with E-state index in [2.05, 4.69) is 27.0 Å². The molecule has 3 N–H and O–H groups in total. The lowest BCUT2D eigenvalue weighted by molar-refractivity contribution is 0.0529. The number of rotatable bonds is 5. The lowest BCUT2D eigenvalue weighted by Gasteiger charge is -2.19. The molecule has 0 atom stereocenters. The van der Waals surface area contributed by atoms with Crippen LogP contribution in [0, 0.1) is 11.3 Å². The van der Waals surface area contributed by atoms with Crippen molar-refractivity contribution in [1.29, 1.82) is 5.26 Å². The summed E-state index contributed by atoms with van der Waals surface area (Å²) in [5.41, 5.74) is 1.11. The fraction of sp³-hybridized carbons (Fsp3) is 0.471. The molecule has 0 saturated carbocycles. The lowest BCUT2D eigenvalue weighted by Crippen LogP contribution is -2.42. The number of amides is 1. The van der Waals surface area contributed by atoms with E-state index < -0.39 is 11.7 Å². The van der Waals surface area contributed by atoms with E-state index >= 15 is 0 Å². The first-order valence-corrected chi connectivity index (χ1v) is 7.74. The molecule has 7 heteroatoms. The zero-order chi connectivity index (χ0) is 18.0. The molecule has 0 saturated heterocycles. The maximum Gasteiger partial charge on any atom is 0.407 e. The van der Waals surface area contributed by atoms with Crippen molar-refractivity contribution in [3.05, 3.63) is 35.4 Å². The average Bonchev–Trinajstić information content (AvgIpc) is 2.52. The molecule has 0 aromatic heterocycles. The molecule has 0 spiro atoms. The van der Waals surface area contributed by atoms with Crippen LogP contribution < -0.4 is 16.0 Å². The van der Waals surface area contributed by atoms with Gasteiger partial charge in [0.15, 0.2) is 5.96 Å². The number of alkyl carbamates (subject to hydrolysis) is 1. The molecule has 1 rings (SSSR count). The van der Waals surface area contributed by atoms with E-state index in [4.69, 9.17) is 10.00 Å². The Hall–Kier alpha value is -2.75. The minimum Gasteiger partial charge on any atom is -0.444 e. The number of ether oxygens (including phenoxy) is 1. The van der Waals surface area contributed by atoms with Gasteiger partial charge in [0.05, 0.1) is 11.6 Å². The molecule has 0 heterocycles. The van der Waals surface area contributed by atoms with Crippen LogP contribution in [0.1, 0.15) is 31.9 Å². The van der Waals surface area contributed by atoms with Crippen molar-refractivity contribution in [2.24, 2.45) is 4.99 Å². The van der Waals surface area contributed by atoms with Crippen molar-refractivity contribution in [3.63, 3.8) is 0 Å². The zero-order valence-corrected chi connectivity index (χ0v) is 14.6. The van der Waals surface area contributed by atoms with Gasteiger partial charge in [-0.3, -0.25) is 4.99 Å². The van der Waals surface area contributed by atoms with Crippen LogP contribution in [-0.2, 0) is 11.3 Å². The summed E-state index contributed by atoms with van der Waals surface area (Å²) in [7, 11) is 1.67. The van der Waals surface area contributed by atoms with Crippen LogP contribution in [0.3, 0.4) is 0 Å². The number of carbonyl (C=O) groups excluding carboxylic acids is 1. The number of nitriles is 1. The topological polar surface area (TPSA) is 98.5 Å². The zero-order valence-electron chi connectivity index (χ0n) is 14.6. The van der Waals surface area contributed by atoms with Crippen molar-refractivity contribution in [2.45, 2.75) is 32.9 Å². The molecule has 130 valence electrons. The van der Waals surface area contributed by atoms with Gasteiger partial charge >= 0.3 is 6.09 Å². The van der Waals surface area contributed by atoms with Gasteiger partial charge in [0.25, 0.3) is 0 Å². The van der Waals surface area contributed by atoms with Crippen LogP contribution in [0.25, 0.3) is 0 Å². The summed E-state index contributed by atoms with van der Waals surface area (Å²) in [5.74, 6) is 0.614. The summed E-state index contributed by atoms with van der Waals surface area (Å²) in [6.45, 7) is 6.93. The van der Waals surface area contributed by atoms with Gasteiger partial charge in [-0.05, 0) is 38.5 Å². The fourth-order valence-corrected chi connectivity index (χ4v) is 1.82. The van der Waals surface area contributed by atoms with Crippen LogP contribution in [0.2, 0.25) is 0 Å². The fourth-order valence-electron chi connectivity index (χ4n) is 1.82. The molecule has 1 aromatic rings. The smallest absolute Gasteiger partial charge is 0.407 e. The number of carbonyl (C=O) groups is 1. The van der Waals surface area contributed by atoms with Gasteiger partial charge < -0.3 is 20.7 Å². The SMILES string of the molecule is CN=C(NCCNC(=O)OC(C)(C)C)NCc1cccc(C#N)c1. The summed E-state index contributed by atoms with van der Waals surface area (Å²) in [5, 5.41) is 17.8. The van der Waals surface area contributed by atoms with Crippen LogP contribution >= 0.6 is 0 Å². The largest absolute Gasteiger partial charge is 0.444 e. The normalized spacial score (nSPS) is 11.4. The predicted octanol–water partition coefficient (Wildman–Crippen LogP) is 1.75. The molecular formula is C17H25N5O2. The van der Waals surface area contributed by atoms with E-state index in [1.807, 2.05) is 39.0 Å². The van der Waals surface area contributed by atoms with E-state index in [9.17, 15) is 4.79 Å². The summed E-state index contributed by atoms with van der Waals surface area (Å²) >= 11 is 0. The molecule has 0 aliphatic heterocycles. The number of guanidine groups is 1. The first kappa shape index (κ1) is 19.3. The van der Waals surface area contributed by atoms with E-state index in [0.717, 1.165) is 5.56 Å². The number of nitrogens with one attached hydrogen (secondary N) is 3. The van der Waals surface area contributed by atoms with Gasteiger partial charge in [-0.1, -0.05) is 12.1 Å². The van der Waals surface area contributed by atoms with Gasteiger partial charge in [-0.15, -0.1) is 0 Å². The van der Waals surface area contributed by atoms with Crippen LogP contribution in [0.15, 0.2) is 29.3 Å². The molecule has 24 heavy (non-hydrogen) atoms. The van der Waals surface area contributed by atoms with Crippen molar-refractivity contribution in [1.82, 2.24) is 16.0 Å². The number of hydrogen-bond donors (Lipinski definition) is 3. The quantitative estimate of drug-likeness (QED) is 0.434. The Morgan fingerprint density at radius 3 is 2.58 bits per heavy atom. The van der Waals surface area contributed by atoms with Gasteiger partial charge in [0, 0.05) is 26.7 Å². The molecule has 0 aliphatic rings.